The van der Waals surface area contributed by atoms with Crippen LogP contribution >= 0.6 is 15.9 Å². The van der Waals surface area contributed by atoms with Crippen LogP contribution in [-0.4, -0.2) is 31.1 Å². The molecule has 6 heteroatoms. The molecule has 102 valence electrons. The third-order valence-electron chi connectivity index (χ3n) is 2.71. The maximum atomic E-state index is 13.2. The molecule has 0 aliphatic heterocycles. The molecule has 0 aliphatic rings. The summed E-state index contributed by atoms with van der Waals surface area (Å²) in [5.41, 5.74) is 0.890. The Bertz CT molecular complexity index is 508. The molecule has 0 saturated carbocycles. The lowest BCUT2D eigenvalue weighted by molar-refractivity contribution is 0.447. The van der Waals surface area contributed by atoms with E-state index in [-0.39, 0.29) is 4.90 Å². The summed E-state index contributed by atoms with van der Waals surface area (Å²) in [4.78, 5) is 0.215. The first-order valence-corrected chi connectivity index (χ1v) is 8.23. The van der Waals surface area contributed by atoms with Crippen LogP contribution in [0.2, 0.25) is 0 Å². The van der Waals surface area contributed by atoms with Gasteiger partial charge in [0.15, 0.2) is 0 Å². The van der Waals surface area contributed by atoms with Gasteiger partial charge in [-0.15, -0.1) is 0 Å². The van der Waals surface area contributed by atoms with E-state index in [0.29, 0.717) is 29.5 Å². The Hall–Kier alpha value is -0.460. The molecule has 0 aromatic heterocycles. The van der Waals surface area contributed by atoms with Gasteiger partial charge in [0.05, 0.1) is 4.90 Å². The lowest BCUT2D eigenvalue weighted by Gasteiger charge is -2.22. The van der Waals surface area contributed by atoms with Gasteiger partial charge in [-0.2, -0.15) is 4.31 Å². The number of aryl methyl sites for hydroxylation is 2. The fraction of sp³-hybridized carbons (Fsp3) is 0.500. The second-order valence-electron chi connectivity index (χ2n) is 4.05. The van der Waals surface area contributed by atoms with E-state index >= 15 is 0 Å². The molecule has 0 bridgehead atoms. The van der Waals surface area contributed by atoms with Crippen molar-refractivity contribution >= 4 is 26.0 Å². The van der Waals surface area contributed by atoms with E-state index in [4.69, 9.17) is 0 Å². The van der Waals surface area contributed by atoms with Crippen molar-refractivity contribution in [1.29, 1.82) is 0 Å². The number of hydrogen-bond acceptors (Lipinski definition) is 2. The molecule has 0 unspecified atom stereocenters. The largest absolute Gasteiger partial charge is 0.243 e. The standard InChI is InChI=1S/C12H17BrFNO2S/c1-4-15(6-5-13)18(16,17)12-9(2)7-11(14)8-10(12)3/h7-8H,4-6H2,1-3H3. The zero-order valence-corrected chi connectivity index (χ0v) is 13.1. The predicted octanol–water partition coefficient (Wildman–Crippen LogP) is 2.85. The number of benzene rings is 1. The van der Waals surface area contributed by atoms with Gasteiger partial charge in [0, 0.05) is 18.4 Å². The van der Waals surface area contributed by atoms with E-state index in [1.165, 1.54) is 16.4 Å². The molecule has 0 fully saturated rings. The molecular weight excluding hydrogens is 321 g/mol. The van der Waals surface area contributed by atoms with Crippen LogP contribution in [0.5, 0.6) is 0 Å². The van der Waals surface area contributed by atoms with Gasteiger partial charge in [0.25, 0.3) is 0 Å². The molecule has 0 heterocycles. The third kappa shape index (κ3) is 3.10. The number of sulfonamides is 1. The summed E-state index contributed by atoms with van der Waals surface area (Å²) in [6.45, 7) is 5.81. The molecular formula is C12H17BrFNO2S. The van der Waals surface area contributed by atoms with Crippen LogP contribution < -0.4 is 0 Å². The highest BCUT2D eigenvalue weighted by atomic mass is 79.9. The van der Waals surface area contributed by atoms with Crippen molar-refractivity contribution in [3.05, 3.63) is 29.1 Å². The summed E-state index contributed by atoms with van der Waals surface area (Å²) < 4.78 is 39.6. The van der Waals surface area contributed by atoms with E-state index in [9.17, 15) is 12.8 Å². The molecule has 1 aromatic carbocycles. The zero-order chi connectivity index (χ0) is 13.9. The van der Waals surface area contributed by atoms with Crippen LogP contribution in [0.15, 0.2) is 17.0 Å². The molecule has 0 amide bonds. The lowest BCUT2D eigenvalue weighted by atomic mass is 10.1. The maximum Gasteiger partial charge on any atom is 0.243 e. The van der Waals surface area contributed by atoms with E-state index in [1.54, 1.807) is 20.8 Å². The minimum Gasteiger partial charge on any atom is -0.207 e. The quantitative estimate of drug-likeness (QED) is 0.775. The van der Waals surface area contributed by atoms with Crippen LogP contribution in [0, 0.1) is 19.7 Å². The van der Waals surface area contributed by atoms with Crippen LogP contribution in [0.25, 0.3) is 0 Å². The fourth-order valence-electron chi connectivity index (χ4n) is 1.98. The first-order valence-electron chi connectivity index (χ1n) is 5.67. The smallest absolute Gasteiger partial charge is 0.207 e. The molecule has 0 radical (unpaired) electrons. The van der Waals surface area contributed by atoms with E-state index < -0.39 is 15.8 Å². The highest BCUT2D eigenvalue weighted by Crippen LogP contribution is 2.24. The van der Waals surface area contributed by atoms with Gasteiger partial charge >= 0.3 is 0 Å². The monoisotopic (exact) mass is 337 g/mol. The van der Waals surface area contributed by atoms with Crippen molar-refractivity contribution < 1.29 is 12.8 Å². The van der Waals surface area contributed by atoms with Crippen molar-refractivity contribution in [2.45, 2.75) is 25.7 Å². The molecule has 1 rings (SSSR count). The van der Waals surface area contributed by atoms with E-state index in [0.717, 1.165) is 0 Å². The zero-order valence-electron chi connectivity index (χ0n) is 10.7. The second kappa shape index (κ2) is 6.12. The number of hydrogen-bond donors (Lipinski definition) is 0. The minimum atomic E-state index is -3.55. The minimum absolute atomic E-state index is 0.215. The SMILES string of the molecule is CCN(CCBr)S(=O)(=O)c1c(C)cc(F)cc1C. The fourth-order valence-corrected chi connectivity index (χ4v) is 4.50. The molecule has 0 N–H and O–H groups in total. The average molecular weight is 338 g/mol. The van der Waals surface area contributed by atoms with Gasteiger partial charge in [-0.3, -0.25) is 0 Å². The first-order chi connectivity index (χ1) is 8.34. The van der Waals surface area contributed by atoms with Gasteiger partial charge in [0.1, 0.15) is 5.82 Å². The number of halogens is 2. The van der Waals surface area contributed by atoms with Crippen LogP contribution in [0.3, 0.4) is 0 Å². The molecule has 18 heavy (non-hydrogen) atoms. The Morgan fingerprint density at radius 3 is 2.17 bits per heavy atom. The summed E-state index contributed by atoms with van der Waals surface area (Å²) in [7, 11) is -3.55. The average Bonchev–Trinajstić information content (AvgIpc) is 2.23. The van der Waals surface area contributed by atoms with Crippen molar-refractivity contribution in [1.82, 2.24) is 4.31 Å². The van der Waals surface area contributed by atoms with Gasteiger partial charge in [-0.25, -0.2) is 12.8 Å². The predicted molar refractivity (Wildman–Crippen MR) is 74.1 cm³/mol. The molecule has 0 aliphatic carbocycles. The van der Waals surface area contributed by atoms with Crippen molar-refractivity contribution in [3.63, 3.8) is 0 Å². The Kier molecular flexibility index (Phi) is 5.31. The Morgan fingerprint density at radius 2 is 1.78 bits per heavy atom. The van der Waals surface area contributed by atoms with Gasteiger partial charge in [-0.05, 0) is 37.1 Å². The highest BCUT2D eigenvalue weighted by Gasteiger charge is 2.26. The lowest BCUT2D eigenvalue weighted by Crippen LogP contribution is -2.33. The van der Waals surface area contributed by atoms with Crippen molar-refractivity contribution in [2.24, 2.45) is 0 Å². The van der Waals surface area contributed by atoms with Crippen LogP contribution in [0.4, 0.5) is 4.39 Å². The van der Waals surface area contributed by atoms with Gasteiger partial charge < -0.3 is 0 Å². The van der Waals surface area contributed by atoms with Gasteiger partial charge in [-0.1, -0.05) is 22.9 Å². The van der Waals surface area contributed by atoms with E-state index in [1.807, 2.05) is 0 Å². The molecule has 0 spiro atoms. The van der Waals surface area contributed by atoms with Crippen LogP contribution in [-0.2, 0) is 10.0 Å². The van der Waals surface area contributed by atoms with E-state index in [2.05, 4.69) is 15.9 Å². The molecule has 1 aromatic rings. The maximum absolute atomic E-state index is 13.2. The summed E-state index contributed by atoms with van der Waals surface area (Å²) in [6, 6.07) is 2.50. The molecule has 0 atom stereocenters. The molecule has 0 saturated heterocycles. The second-order valence-corrected chi connectivity index (χ2v) is 6.72. The Balaban J connectivity index is 3.36. The topological polar surface area (TPSA) is 37.4 Å². The molecule has 3 nitrogen and oxygen atoms in total. The summed E-state index contributed by atoms with van der Waals surface area (Å²) in [5.74, 6) is -0.410. The Morgan fingerprint density at radius 1 is 1.28 bits per heavy atom. The highest BCUT2D eigenvalue weighted by molar-refractivity contribution is 9.09. The van der Waals surface area contributed by atoms with Crippen molar-refractivity contribution in [3.8, 4) is 0 Å². The summed E-state index contributed by atoms with van der Waals surface area (Å²) in [6.07, 6.45) is 0. The van der Waals surface area contributed by atoms with Crippen LogP contribution in [0.1, 0.15) is 18.1 Å². The number of alkyl halides is 1. The number of nitrogens with zero attached hydrogens (tertiary/aromatic N) is 1. The Labute approximate surface area is 116 Å². The first kappa shape index (κ1) is 15.6. The third-order valence-corrected chi connectivity index (χ3v) is 5.34. The van der Waals surface area contributed by atoms with Crippen molar-refractivity contribution in [2.75, 3.05) is 18.4 Å². The summed E-state index contributed by atoms with van der Waals surface area (Å²) in [5, 5.41) is 0.569. The summed E-state index contributed by atoms with van der Waals surface area (Å²) >= 11 is 3.24. The van der Waals surface area contributed by atoms with Gasteiger partial charge in [0.2, 0.25) is 10.0 Å². The normalized spacial score (nSPS) is 12.1. The number of rotatable bonds is 5.